The highest BCUT2D eigenvalue weighted by molar-refractivity contribution is 6.03. The van der Waals surface area contributed by atoms with Crippen LogP contribution in [0.15, 0.2) is 237 Å². The van der Waals surface area contributed by atoms with Crippen molar-refractivity contribution >= 4 is 38.6 Å². The van der Waals surface area contributed by atoms with Crippen molar-refractivity contribution in [3.05, 3.63) is 237 Å². The van der Waals surface area contributed by atoms with Gasteiger partial charge in [-0.3, -0.25) is 0 Å². The fourth-order valence-corrected chi connectivity index (χ4v) is 8.28. The van der Waals surface area contributed by atoms with Crippen LogP contribution in [-0.4, -0.2) is 0 Å². The SMILES string of the molecule is c1ccc(-c2ccc(-c3ccccc3N(c3ccc(-c4ccc5ccccc5c4)cc3)c3cccc4ccccc34)c(-c3ccccc3-c3ccccc3)c2)cc1. The van der Waals surface area contributed by atoms with Gasteiger partial charge in [0.25, 0.3) is 0 Å². The first kappa shape index (κ1) is 34.0. The molecule has 1 heteroatoms. The summed E-state index contributed by atoms with van der Waals surface area (Å²) >= 11 is 0. The number of fused-ring (bicyclic) bond motifs is 2. The summed E-state index contributed by atoms with van der Waals surface area (Å²) < 4.78 is 0. The summed E-state index contributed by atoms with van der Waals surface area (Å²) in [7, 11) is 0. The zero-order valence-corrected chi connectivity index (χ0v) is 31.5. The number of para-hydroxylation sites is 1. The van der Waals surface area contributed by atoms with Crippen molar-refractivity contribution in [2.75, 3.05) is 4.90 Å². The molecule has 0 aromatic heterocycles. The standard InChI is InChI=1S/C56H39N/c1-3-16-40(17-4-1)47-34-37-52(54(39-47)51-26-12-11-24-49(51)43-19-5-2-6-20-43)53-27-13-14-28-56(53)57(55-29-15-23-44-21-9-10-25-50(44)55)48-35-32-42(33-36-48)46-31-30-41-18-7-8-22-45(41)38-46/h1-39H. The minimum atomic E-state index is 1.09. The van der Waals surface area contributed by atoms with Crippen molar-refractivity contribution in [2.24, 2.45) is 0 Å². The Balaban J connectivity index is 1.19. The van der Waals surface area contributed by atoms with Crippen molar-refractivity contribution < 1.29 is 0 Å². The Morgan fingerprint density at radius 3 is 1.53 bits per heavy atom. The van der Waals surface area contributed by atoms with E-state index in [4.69, 9.17) is 0 Å². The Labute approximate surface area is 334 Å². The molecule has 57 heavy (non-hydrogen) atoms. The van der Waals surface area contributed by atoms with Gasteiger partial charge < -0.3 is 4.90 Å². The van der Waals surface area contributed by atoms with Crippen LogP contribution >= 0.6 is 0 Å². The Hall–Kier alpha value is -7.48. The molecule has 10 aromatic rings. The second kappa shape index (κ2) is 15.0. The molecule has 0 N–H and O–H groups in total. The van der Waals surface area contributed by atoms with E-state index in [0.717, 1.165) is 22.6 Å². The van der Waals surface area contributed by atoms with Gasteiger partial charge in [-0.2, -0.15) is 0 Å². The van der Waals surface area contributed by atoms with Crippen molar-refractivity contribution in [1.82, 2.24) is 0 Å². The van der Waals surface area contributed by atoms with Crippen LogP contribution in [0.25, 0.3) is 77.2 Å². The van der Waals surface area contributed by atoms with Gasteiger partial charge in [0, 0.05) is 16.6 Å². The predicted octanol–water partition coefficient (Wildman–Crippen LogP) is 15.8. The van der Waals surface area contributed by atoms with Crippen LogP contribution in [0.2, 0.25) is 0 Å². The summed E-state index contributed by atoms with van der Waals surface area (Å²) in [6.07, 6.45) is 0. The van der Waals surface area contributed by atoms with Crippen molar-refractivity contribution in [1.29, 1.82) is 0 Å². The summed E-state index contributed by atoms with van der Waals surface area (Å²) in [4.78, 5) is 2.44. The maximum Gasteiger partial charge on any atom is 0.0540 e. The van der Waals surface area contributed by atoms with Gasteiger partial charge in [0.1, 0.15) is 0 Å². The number of rotatable bonds is 8. The van der Waals surface area contributed by atoms with E-state index in [1.165, 1.54) is 71.6 Å². The van der Waals surface area contributed by atoms with E-state index in [-0.39, 0.29) is 0 Å². The molecule has 0 heterocycles. The molecule has 0 saturated carbocycles. The lowest BCUT2D eigenvalue weighted by molar-refractivity contribution is 1.30. The van der Waals surface area contributed by atoms with E-state index < -0.39 is 0 Å². The quantitative estimate of drug-likeness (QED) is 0.151. The fourth-order valence-electron chi connectivity index (χ4n) is 8.28. The molecular weight excluding hydrogens is 687 g/mol. The Morgan fingerprint density at radius 2 is 0.737 bits per heavy atom. The van der Waals surface area contributed by atoms with Crippen LogP contribution in [0.1, 0.15) is 0 Å². The number of hydrogen-bond donors (Lipinski definition) is 0. The average Bonchev–Trinajstić information content (AvgIpc) is 3.30. The largest absolute Gasteiger partial charge is 0.309 e. The smallest absolute Gasteiger partial charge is 0.0540 e. The molecule has 0 atom stereocenters. The molecule has 0 aliphatic heterocycles. The van der Waals surface area contributed by atoms with E-state index in [2.05, 4.69) is 241 Å². The highest BCUT2D eigenvalue weighted by Gasteiger charge is 2.22. The molecule has 1 nitrogen and oxygen atoms in total. The van der Waals surface area contributed by atoms with Gasteiger partial charge in [0.15, 0.2) is 0 Å². The molecule has 0 bridgehead atoms. The maximum absolute atomic E-state index is 2.44. The first-order valence-corrected chi connectivity index (χ1v) is 19.6. The zero-order chi connectivity index (χ0) is 38.0. The maximum atomic E-state index is 2.44. The van der Waals surface area contributed by atoms with Crippen LogP contribution in [0.3, 0.4) is 0 Å². The molecule has 10 aromatic carbocycles. The lowest BCUT2D eigenvalue weighted by Gasteiger charge is -2.30. The van der Waals surface area contributed by atoms with Gasteiger partial charge in [0.05, 0.1) is 11.4 Å². The zero-order valence-electron chi connectivity index (χ0n) is 31.5. The highest BCUT2D eigenvalue weighted by Crippen LogP contribution is 2.47. The van der Waals surface area contributed by atoms with Gasteiger partial charge in [-0.05, 0) is 103 Å². The Bertz CT molecular complexity index is 2990. The molecule has 0 saturated heterocycles. The molecule has 0 aliphatic carbocycles. The highest BCUT2D eigenvalue weighted by atomic mass is 15.1. The second-order valence-electron chi connectivity index (χ2n) is 14.5. The lowest BCUT2D eigenvalue weighted by atomic mass is 9.86. The number of nitrogens with zero attached hydrogens (tertiary/aromatic N) is 1. The van der Waals surface area contributed by atoms with Gasteiger partial charge in [-0.15, -0.1) is 0 Å². The summed E-state index contributed by atoms with van der Waals surface area (Å²) in [6.45, 7) is 0. The second-order valence-corrected chi connectivity index (χ2v) is 14.5. The molecule has 0 unspecified atom stereocenters. The fraction of sp³-hybridized carbons (Fsp3) is 0. The van der Waals surface area contributed by atoms with E-state index in [9.17, 15) is 0 Å². The van der Waals surface area contributed by atoms with Crippen LogP contribution in [0.5, 0.6) is 0 Å². The third kappa shape index (κ3) is 6.56. The number of anilines is 3. The molecule has 10 rings (SSSR count). The van der Waals surface area contributed by atoms with E-state index in [1.807, 2.05) is 0 Å². The molecule has 268 valence electrons. The third-order valence-corrected chi connectivity index (χ3v) is 11.1. The summed E-state index contributed by atoms with van der Waals surface area (Å²) in [6, 6.07) is 85.8. The number of benzene rings is 10. The van der Waals surface area contributed by atoms with Crippen molar-refractivity contribution in [3.63, 3.8) is 0 Å². The summed E-state index contributed by atoms with van der Waals surface area (Å²) in [5, 5.41) is 4.89. The van der Waals surface area contributed by atoms with Gasteiger partial charge in [-0.25, -0.2) is 0 Å². The third-order valence-electron chi connectivity index (χ3n) is 11.1. The van der Waals surface area contributed by atoms with E-state index in [1.54, 1.807) is 0 Å². The monoisotopic (exact) mass is 725 g/mol. The predicted molar refractivity (Wildman–Crippen MR) is 243 cm³/mol. The first-order chi connectivity index (χ1) is 28.3. The van der Waals surface area contributed by atoms with Crippen molar-refractivity contribution in [3.8, 4) is 55.6 Å². The summed E-state index contributed by atoms with van der Waals surface area (Å²) in [5.41, 5.74) is 15.2. The average molecular weight is 726 g/mol. The first-order valence-electron chi connectivity index (χ1n) is 19.6. The molecular formula is C56H39N. The van der Waals surface area contributed by atoms with Gasteiger partial charge >= 0.3 is 0 Å². The Kier molecular flexibility index (Phi) is 8.95. The van der Waals surface area contributed by atoms with Gasteiger partial charge in [0.2, 0.25) is 0 Å². The lowest BCUT2D eigenvalue weighted by Crippen LogP contribution is -2.12. The molecule has 0 aliphatic rings. The topological polar surface area (TPSA) is 3.24 Å². The molecule has 0 spiro atoms. The summed E-state index contributed by atoms with van der Waals surface area (Å²) in [5.74, 6) is 0. The van der Waals surface area contributed by atoms with Crippen LogP contribution in [0, 0.1) is 0 Å². The molecule has 0 amide bonds. The van der Waals surface area contributed by atoms with Crippen molar-refractivity contribution in [2.45, 2.75) is 0 Å². The van der Waals surface area contributed by atoms with E-state index in [0.29, 0.717) is 0 Å². The van der Waals surface area contributed by atoms with E-state index >= 15 is 0 Å². The minimum Gasteiger partial charge on any atom is -0.309 e. The van der Waals surface area contributed by atoms with Gasteiger partial charge in [-0.1, -0.05) is 200 Å². The minimum absolute atomic E-state index is 1.09. The molecule has 0 radical (unpaired) electrons. The Morgan fingerprint density at radius 1 is 0.228 bits per heavy atom. The van der Waals surface area contributed by atoms with Crippen LogP contribution < -0.4 is 4.90 Å². The normalized spacial score (nSPS) is 11.2. The van der Waals surface area contributed by atoms with Crippen LogP contribution in [0.4, 0.5) is 17.1 Å². The molecule has 0 fully saturated rings. The number of hydrogen-bond acceptors (Lipinski definition) is 1. The van der Waals surface area contributed by atoms with Crippen LogP contribution in [-0.2, 0) is 0 Å².